The number of carbonyl (C=O) groups excluding carboxylic acids is 1. The van der Waals surface area contributed by atoms with E-state index in [1.807, 2.05) is 19.1 Å². The predicted octanol–water partition coefficient (Wildman–Crippen LogP) is 3.47. The van der Waals surface area contributed by atoms with Gasteiger partial charge in [-0.1, -0.05) is 6.92 Å². The Labute approximate surface area is 110 Å². The van der Waals surface area contributed by atoms with Crippen LogP contribution >= 0.6 is 11.3 Å². The summed E-state index contributed by atoms with van der Waals surface area (Å²) in [6, 6.07) is 7.20. The molecule has 0 aliphatic heterocycles. The van der Waals surface area contributed by atoms with Crippen molar-refractivity contribution in [1.82, 2.24) is 4.98 Å². The van der Waals surface area contributed by atoms with Crippen molar-refractivity contribution >= 4 is 17.1 Å². The number of carbonyl (C=O) groups is 1. The second-order valence-electron chi connectivity index (χ2n) is 3.95. The number of benzene rings is 1. The van der Waals surface area contributed by atoms with E-state index < -0.39 is 0 Å². The van der Waals surface area contributed by atoms with Gasteiger partial charge in [-0.3, -0.25) is 4.79 Å². The average molecular weight is 261 g/mol. The highest BCUT2D eigenvalue weighted by Gasteiger charge is 2.11. The van der Waals surface area contributed by atoms with E-state index in [2.05, 4.69) is 11.9 Å². The number of aryl methyl sites for hydroxylation is 1. The maximum Gasteiger partial charge on any atom is 0.212 e. The van der Waals surface area contributed by atoms with Crippen molar-refractivity contribution in [3.8, 4) is 5.75 Å². The Hall–Kier alpha value is -1.68. The molecule has 0 radical (unpaired) electrons. The molecule has 0 spiro atoms. The van der Waals surface area contributed by atoms with Gasteiger partial charge < -0.3 is 4.74 Å². The quantitative estimate of drug-likeness (QED) is 0.774. The van der Waals surface area contributed by atoms with E-state index in [0.717, 1.165) is 17.2 Å². The Morgan fingerprint density at radius 3 is 2.61 bits per heavy atom. The van der Waals surface area contributed by atoms with Crippen LogP contribution in [0.3, 0.4) is 0 Å². The van der Waals surface area contributed by atoms with E-state index >= 15 is 0 Å². The molecule has 0 atom stereocenters. The zero-order valence-electron chi connectivity index (χ0n) is 10.5. The predicted molar refractivity (Wildman–Crippen MR) is 72.5 cm³/mol. The van der Waals surface area contributed by atoms with Crippen LogP contribution in [0.5, 0.6) is 5.75 Å². The summed E-state index contributed by atoms with van der Waals surface area (Å²) in [7, 11) is 0. The molecule has 1 aromatic heterocycles. The van der Waals surface area contributed by atoms with Crippen LogP contribution in [-0.2, 0) is 0 Å². The molecule has 0 saturated heterocycles. The van der Waals surface area contributed by atoms with Crippen LogP contribution in [-0.4, -0.2) is 17.4 Å². The normalized spacial score (nSPS) is 10.3. The van der Waals surface area contributed by atoms with Gasteiger partial charge in [0, 0.05) is 10.9 Å². The van der Waals surface area contributed by atoms with Gasteiger partial charge in [0.2, 0.25) is 5.78 Å². The fraction of sp³-hybridized carbons (Fsp3) is 0.286. The maximum absolute atomic E-state index is 12.1. The highest BCUT2D eigenvalue weighted by atomic mass is 32.1. The van der Waals surface area contributed by atoms with Gasteiger partial charge in [-0.25, -0.2) is 4.98 Å². The molecule has 18 heavy (non-hydrogen) atoms. The Bertz CT molecular complexity index is 531. The molecule has 2 rings (SSSR count). The number of thiazole rings is 1. The minimum absolute atomic E-state index is 0.0404. The number of ketones is 1. The van der Waals surface area contributed by atoms with Crippen molar-refractivity contribution in [1.29, 1.82) is 0 Å². The van der Waals surface area contributed by atoms with Crippen molar-refractivity contribution in [3.05, 3.63) is 45.9 Å². The third kappa shape index (κ3) is 2.96. The second kappa shape index (κ2) is 5.78. The second-order valence-corrected chi connectivity index (χ2v) is 5.02. The largest absolute Gasteiger partial charge is 0.494 e. The molecule has 0 unspecified atom stereocenters. The molecule has 2 aromatic rings. The summed E-state index contributed by atoms with van der Waals surface area (Å²) >= 11 is 1.49. The van der Waals surface area contributed by atoms with Crippen LogP contribution in [0, 0.1) is 6.92 Å². The molecule has 4 heteroatoms. The molecule has 0 aliphatic rings. The van der Waals surface area contributed by atoms with Gasteiger partial charge >= 0.3 is 0 Å². The number of ether oxygens (including phenoxy) is 1. The lowest BCUT2D eigenvalue weighted by Gasteiger charge is -2.04. The first-order valence-electron chi connectivity index (χ1n) is 5.90. The maximum atomic E-state index is 12.1. The molecule has 1 aromatic carbocycles. The number of hydrogen-bond acceptors (Lipinski definition) is 4. The molecule has 0 bridgehead atoms. The Kier molecular flexibility index (Phi) is 4.10. The van der Waals surface area contributed by atoms with Crippen LogP contribution in [0.1, 0.15) is 34.4 Å². The first-order chi connectivity index (χ1) is 8.70. The van der Waals surface area contributed by atoms with E-state index in [-0.39, 0.29) is 5.78 Å². The van der Waals surface area contributed by atoms with Crippen molar-refractivity contribution in [2.24, 2.45) is 0 Å². The molecule has 0 N–H and O–H groups in total. The summed E-state index contributed by atoms with van der Waals surface area (Å²) < 4.78 is 5.47. The van der Waals surface area contributed by atoms with Crippen molar-refractivity contribution in [2.75, 3.05) is 6.61 Å². The lowest BCUT2D eigenvalue weighted by Crippen LogP contribution is -2.02. The van der Waals surface area contributed by atoms with Gasteiger partial charge in [0.15, 0.2) is 0 Å². The van der Waals surface area contributed by atoms with Gasteiger partial charge in [0.25, 0.3) is 0 Å². The van der Waals surface area contributed by atoms with Crippen LogP contribution in [0.15, 0.2) is 29.6 Å². The summed E-state index contributed by atoms with van der Waals surface area (Å²) in [6.45, 7) is 4.64. The van der Waals surface area contributed by atoms with E-state index in [1.54, 1.807) is 17.5 Å². The summed E-state index contributed by atoms with van der Waals surface area (Å²) in [4.78, 5) is 16.3. The molecule has 0 fully saturated rings. The van der Waals surface area contributed by atoms with E-state index in [1.165, 1.54) is 11.3 Å². The van der Waals surface area contributed by atoms with E-state index in [9.17, 15) is 4.79 Å². The van der Waals surface area contributed by atoms with Crippen LogP contribution in [0.2, 0.25) is 0 Å². The fourth-order valence-corrected chi connectivity index (χ4v) is 2.13. The highest BCUT2D eigenvalue weighted by molar-refractivity contribution is 7.09. The third-order valence-electron chi connectivity index (χ3n) is 2.44. The topological polar surface area (TPSA) is 39.2 Å². The zero-order chi connectivity index (χ0) is 13.0. The minimum Gasteiger partial charge on any atom is -0.494 e. The number of aromatic nitrogens is 1. The van der Waals surface area contributed by atoms with Crippen molar-refractivity contribution in [2.45, 2.75) is 20.3 Å². The molecule has 0 amide bonds. The molecular weight excluding hydrogens is 246 g/mol. The summed E-state index contributed by atoms with van der Waals surface area (Å²) in [5.74, 6) is 0.754. The monoisotopic (exact) mass is 261 g/mol. The molecule has 94 valence electrons. The molecule has 1 heterocycles. The molecule has 0 aliphatic carbocycles. The average Bonchev–Trinajstić information content (AvgIpc) is 2.83. The van der Waals surface area contributed by atoms with Crippen LogP contribution in [0.4, 0.5) is 0 Å². The lowest BCUT2D eigenvalue weighted by atomic mass is 10.1. The van der Waals surface area contributed by atoms with Gasteiger partial charge in [-0.15, -0.1) is 11.3 Å². The number of hydrogen-bond donors (Lipinski definition) is 0. The van der Waals surface area contributed by atoms with E-state index in [0.29, 0.717) is 17.9 Å². The lowest BCUT2D eigenvalue weighted by molar-refractivity contribution is 0.103. The Morgan fingerprint density at radius 2 is 2.06 bits per heavy atom. The molecule has 3 nitrogen and oxygen atoms in total. The van der Waals surface area contributed by atoms with Gasteiger partial charge in [-0.05, 0) is 37.6 Å². The van der Waals surface area contributed by atoms with Crippen LogP contribution < -0.4 is 4.74 Å². The van der Waals surface area contributed by atoms with Gasteiger partial charge in [0.1, 0.15) is 11.4 Å². The smallest absolute Gasteiger partial charge is 0.212 e. The number of nitrogens with zero attached hydrogens (tertiary/aromatic N) is 1. The van der Waals surface area contributed by atoms with Gasteiger partial charge in [0.05, 0.1) is 11.6 Å². The van der Waals surface area contributed by atoms with E-state index in [4.69, 9.17) is 4.74 Å². The van der Waals surface area contributed by atoms with Crippen LogP contribution in [0.25, 0.3) is 0 Å². The first kappa shape index (κ1) is 12.8. The molecule has 0 saturated carbocycles. The standard InChI is InChI=1S/C14H15NO2S/c1-3-8-17-12-6-4-11(5-7-12)14(16)13-9-18-10(2)15-13/h4-7,9H,3,8H2,1-2H3. The Balaban J connectivity index is 2.12. The SMILES string of the molecule is CCCOc1ccc(C(=O)c2csc(C)n2)cc1. The third-order valence-corrected chi connectivity index (χ3v) is 3.21. The Morgan fingerprint density at radius 1 is 1.33 bits per heavy atom. The van der Waals surface area contributed by atoms with Crippen molar-refractivity contribution in [3.63, 3.8) is 0 Å². The molecular formula is C14H15NO2S. The summed E-state index contributed by atoms with van der Waals surface area (Å²) in [6.07, 6.45) is 0.971. The van der Waals surface area contributed by atoms with Crippen molar-refractivity contribution < 1.29 is 9.53 Å². The fourth-order valence-electron chi connectivity index (χ4n) is 1.54. The first-order valence-corrected chi connectivity index (χ1v) is 6.78. The van der Waals surface area contributed by atoms with Gasteiger partial charge in [-0.2, -0.15) is 0 Å². The minimum atomic E-state index is -0.0404. The summed E-state index contributed by atoms with van der Waals surface area (Å²) in [5.41, 5.74) is 1.16. The number of rotatable bonds is 5. The zero-order valence-corrected chi connectivity index (χ0v) is 11.3. The summed E-state index contributed by atoms with van der Waals surface area (Å²) in [5, 5.41) is 2.69. The highest BCUT2D eigenvalue weighted by Crippen LogP contribution is 2.17.